The summed E-state index contributed by atoms with van der Waals surface area (Å²) in [5.41, 5.74) is 6.93. The van der Waals surface area contributed by atoms with Crippen molar-refractivity contribution in [3.63, 3.8) is 0 Å². The molecule has 122 valence electrons. The number of hydrogen-bond donors (Lipinski definition) is 1. The molecule has 0 unspecified atom stereocenters. The molecule has 9 heteroatoms. The van der Waals surface area contributed by atoms with Crippen LogP contribution in [0.5, 0.6) is 0 Å². The van der Waals surface area contributed by atoms with E-state index in [-0.39, 0.29) is 30.9 Å². The summed E-state index contributed by atoms with van der Waals surface area (Å²) in [7, 11) is 0. The highest BCUT2D eigenvalue weighted by atomic mass is 35.5. The van der Waals surface area contributed by atoms with Crippen molar-refractivity contribution >= 4 is 36.2 Å². The summed E-state index contributed by atoms with van der Waals surface area (Å²) in [6.07, 6.45) is 7.25. The molecule has 0 amide bonds. The van der Waals surface area contributed by atoms with Crippen molar-refractivity contribution in [3.05, 3.63) is 41.9 Å². The quantitative estimate of drug-likeness (QED) is 0.766. The second-order valence-corrected chi connectivity index (χ2v) is 6.08. The number of pyridine rings is 1. The van der Waals surface area contributed by atoms with Gasteiger partial charge in [-0.1, -0.05) is 0 Å². The van der Waals surface area contributed by atoms with Crippen molar-refractivity contribution < 1.29 is 0 Å². The second-order valence-electron chi connectivity index (χ2n) is 5.19. The molecule has 1 fully saturated rings. The number of thiazole rings is 1. The van der Waals surface area contributed by atoms with Crippen LogP contribution >= 0.6 is 36.2 Å². The van der Waals surface area contributed by atoms with Crippen LogP contribution in [0.1, 0.15) is 24.6 Å². The van der Waals surface area contributed by atoms with Crippen LogP contribution in [0.3, 0.4) is 0 Å². The first-order chi connectivity index (χ1) is 10.3. The highest BCUT2D eigenvalue weighted by Gasteiger charge is 2.33. The van der Waals surface area contributed by atoms with E-state index >= 15 is 0 Å². The predicted octanol–water partition coefficient (Wildman–Crippen LogP) is 2.83. The van der Waals surface area contributed by atoms with Crippen LogP contribution in [0.15, 0.2) is 36.1 Å². The lowest BCUT2D eigenvalue weighted by molar-refractivity contribution is 0.335. The average Bonchev–Trinajstić information content (AvgIpc) is 3.13. The molecular weight excluding hydrogens is 355 g/mol. The molecule has 3 aromatic rings. The molecule has 2 N–H and O–H groups in total. The minimum absolute atomic E-state index is 0. The van der Waals surface area contributed by atoms with Crippen LogP contribution in [0.2, 0.25) is 0 Å². The van der Waals surface area contributed by atoms with Gasteiger partial charge in [0.2, 0.25) is 0 Å². The highest BCUT2D eigenvalue weighted by molar-refractivity contribution is 7.13. The van der Waals surface area contributed by atoms with E-state index in [2.05, 4.69) is 24.7 Å². The summed E-state index contributed by atoms with van der Waals surface area (Å²) in [4.78, 5) is 8.44. The molecule has 1 aliphatic rings. The molecule has 4 rings (SSSR count). The molecule has 0 aromatic carbocycles. The van der Waals surface area contributed by atoms with Crippen molar-refractivity contribution in [3.8, 4) is 16.5 Å². The largest absolute Gasteiger partial charge is 0.328 e. The molecule has 0 atom stereocenters. The van der Waals surface area contributed by atoms with E-state index in [9.17, 15) is 0 Å². The fourth-order valence-electron chi connectivity index (χ4n) is 2.65. The van der Waals surface area contributed by atoms with Crippen LogP contribution < -0.4 is 5.73 Å². The number of rotatable bonds is 3. The summed E-state index contributed by atoms with van der Waals surface area (Å²) in [6, 6.07) is 4.20. The third-order valence-corrected chi connectivity index (χ3v) is 4.54. The maximum atomic E-state index is 5.92. The molecule has 0 saturated heterocycles. The van der Waals surface area contributed by atoms with Gasteiger partial charge in [0, 0.05) is 35.9 Å². The summed E-state index contributed by atoms with van der Waals surface area (Å²) in [6.45, 7) is 0. The SMILES string of the molecule is Cl.Cl.NC1CC(c2nnc(-c3nccs3)n2-c2ccncc2)C1. The molecule has 0 radical (unpaired) electrons. The third-order valence-electron chi connectivity index (χ3n) is 3.77. The van der Waals surface area contributed by atoms with Gasteiger partial charge >= 0.3 is 0 Å². The van der Waals surface area contributed by atoms with E-state index in [0.717, 1.165) is 35.2 Å². The smallest absolute Gasteiger partial charge is 0.197 e. The highest BCUT2D eigenvalue weighted by Crippen LogP contribution is 2.37. The maximum absolute atomic E-state index is 5.92. The summed E-state index contributed by atoms with van der Waals surface area (Å²) in [5, 5.41) is 11.6. The standard InChI is InChI=1S/C14H14N6S.2ClH/c15-10-7-9(8-10)12-18-19-13(14-17-5-6-21-14)20(12)11-1-3-16-4-2-11;;/h1-6,9-10H,7-8,15H2;2*1H. The Morgan fingerprint density at radius 1 is 1.09 bits per heavy atom. The van der Waals surface area contributed by atoms with Crippen LogP contribution in [-0.2, 0) is 0 Å². The van der Waals surface area contributed by atoms with Crippen LogP contribution in [0, 0.1) is 0 Å². The van der Waals surface area contributed by atoms with Gasteiger partial charge in [-0.3, -0.25) is 9.55 Å². The van der Waals surface area contributed by atoms with Gasteiger partial charge in [0.25, 0.3) is 0 Å². The number of nitrogens with two attached hydrogens (primary N) is 1. The van der Waals surface area contributed by atoms with Crippen molar-refractivity contribution in [2.75, 3.05) is 0 Å². The Kier molecular flexibility index (Phi) is 5.69. The predicted molar refractivity (Wildman–Crippen MR) is 94.7 cm³/mol. The van der Waals surface area contributed by atoms with E-state index in [1.54, 1.807) is 29.9 Å². The summed E-state index contributed by atoms with van der Waals surface area (Å²) in [5.74, 6) is 2.12. The Balaban J connectivity index is 0.000000960. The Hall–Kier alpha value is -1.54. The van der Waals surface area contributed by atoms with Crippen LogP contribution in [-0.4, -0.2) is 30.8 Å². The minimum Gasteiger partial charge on any atom is -0.328 e. The van der Waals surface area contributed by atoms with Gasteiger partial charge in [0.05, 0.1) is 5.69 Å². The zero-order valence-corrected chi connectivity index (χ0v) is 14.5. The van der Waals surface area contributed by atoms with Crippen molar-refractivity contribution in [1.82, 2.24) is 24.7 Å². The van der Waals surface area contributed by atoms with Gasteiger partial charge in [-0.05, 0) is 25.0 Å². The van der Waals surface area contributed by atoms with Gasteiger partial charge in [-0.2, -0.15) is 0 Å². The number of aromatic nitrogens is 5. The normalized spacial score (nSPS) is 19.3. The fraction of sp³-hybridized carbons (Fsp3) is 0.286. The van der Waals surface area contributed by atoms with Crippen molar-refractivity contribution in [2.45, 2.75) is 24.8 Å². The van der Waals surface area contributed by atoms with Gasteiger partial charge in [-0.25, -0.2) is 4.98 Å². The van der Waals surface area contributed by atoms with Gasteiger partial charge in [0.15, 0.2) is 10.8 Å². The third kappa shape index (κ3) is 3.23. The van der Waals surface area contributed by atoms with Gasteiger partial charge in [-0.15, -0.1) is 46.3 Å². The lowest BCUT2D eigenvalue weighted by atomic mass is 9.80. The first-order valence-electron chi connectivity index (χ1n) is 6.84. The molecule has 0 spiro atoms. The van der Waals surface area contributed by atoms with Crippen molar-refractivity contribution in [1.29, 1.82) is 0 Å². The van der Waals surface area contributed by atoms with Crippen molar-refractivity contribution in [2.24, 2.45) is 5.73 Å². The van der Waals surface area contributed by atoms with Gasteiger partial charge < -0.3 is 5.73 Å². The second kappa shape index (κ2) is 7.35. The number of halogens is 2. The van der Waals surface area contributed by atoms with Gasteiger partial charge in [0.1, 0.15) is 5.82 Å². The molecule has 6 nitrogen and oxygen atoms in total. The first-order valence-corrected chi connectivity index (χ1v) is 7.72. The van der Waals surface area contributed by atoms with Crippen LogP contribution in [0.4, 0.5) is 0 Å². The van der Waals surface area contributed by atoms with E-state index in [1.165, 1.54) is 0 Å². The van der Waals surface area contributed by atoms with Crippen LogP contribution in [0.25, 0.3) is 16.5 Å². The molecule has 0 bridgehead atoms. The monoisotopic (exact) mass is 370 g/mol. The number of hydrogen-bond acceptors (Lipinski definition) is 6. The molecule has 3 aromatic heterocycles. The Morgan fingerprint density at radius 2 is 1.83 bits per heavy atom. The molecule has 3 heterocycles. The van der Waals surface area contributed by atoms with E-state index < -0.39 is 0 Å². The Bertz CT molecular complexity index is 740. The molecule has 23 heavy (non-hydrogen) atoms. The first kappa shape index (κ1) is 17.8. The topological polar surface area (TPSA) is 82.5 Å². The number of nitrogens with zero attached hydrogens (tertiary/aromatic N) is 5. The van der Waals surface area contributed by atoms with E-state index in [4.69, 9.17) is 5.73 Å². The average molecular weight is 371 g/mol. The van der Waals surface area contributed by atoms with E-state index in [1.807, 2.05) is 17.5 Å². The Labute approximate surface area is 150 Å². The molecule has 1 aliphatic carbocycles. The molecule has 0 aliphatic heterocycles. The minimum atomic E-state index is 0. The summed E-state index contributed by atoms with van der Waals surface area (Å²) < 4.78 is 2.08. The maximum Gasteiger partial charge on any atom is 0.197 e. The lowest BCUT2D eigenvalue weighted by Gasteiger charge is -2.31. The Morgan fingerprint density at radius 3 is 2.43 bits per heavy atom. The fourth-order valence-corrected chi connectivity index (χ4v) is 3.26. The molecular formula is C14H16Cl2N6S. The van der Waals surface area contributed by atoms with E-state index in [0.29, 0.717) is 5.92 Å². The zero-order chi connectivity index (χ0) is 14.2. The molecule has 1 saturated carbocycles. The lowest BCUT2D eigenvalue weighted by Crippen LogP contribution is -2.36. The zero-order valence-electron chi connectivity index (χ0n) is 12.1. The summed E-state index contributed by atoms with van der Waals surface area (Å²) >= 11 is 1.56.